The van der Waals surface area contributed by atoms with Gasteiger partial charge in [0.25, 0.3) is 0 Å². The van der Waals surface area contributed by atoms with E-state index < -0.39 is 5.82 Å². The van der Waals surface area contributed by atoms with Crippen LogP contribution >= 0.6 is 11.8 Å². The van der Waals surface area contributed by atoms with Crippen molar-refractivity contribution in [2.45, 2.75) is 43.3 Å². The zero-order valence-electron chi connectivity index (χ0n) is 19.5. The number of methoxy groups -OCH3 is 3. The van der Waals surface area contributed by atoms with E-state index in [0.29, 0.717) is 22.2 Å². The lowest BCUT2D eigenvalue weighted by atomic mass is 9.95. The van der Waals surface area contributed by atoms with Gasteiger partial charge in [0.15, 0.2) is 39.8 Å². The van der Waals surface area contributed by atoms with E-state index in [1.54, 1.807) is 20.3 Å². The Bertz CT molecular complexity index is 1160. The average molecular weight is 486 g/mol. The summed E-state index contributed by atoms with van der Waals surface area (Å²) in [5, 5.41) is 9.60. The highest BCUT2D eigenvalue weighted by Gasteiger charge is 2.25. The highest BCUT2D eigenvalue weighted by Crippen LogP contribution is 2.38. The number of halogens is 1. The molecule has 0 saturated heterocycles. The van der Waals surface area contributed by atoms with Crippen LogP contribution in [-0.4, -0.2) is 47.6 Å². The first kappa shape index (κ1) is 24.1. The Morgan fingerprint density at radius 1 is 0.971 bits per heavy atom. The normalized spacial score (nSPS) is 14.1. The summed E-state index contributed by atoms with van der Waals surface area (Å²) in [6, 6.07) is 10.2. The topological polar surface area (TPSA) is 75.5 Å². The van der Waals surface area contributed by atoms with Gasteiger partial charge in [0.05, 0.1) is 27.1 Å². The molecular weight excluding hydrogens is 457 g/mol. The van der Waals surface area contributed by atoms with E-state index in [4.69, 9.17) is 14.2 Å². The zero-order chi connectivity index (χ0) is 24.1. The number of rotatable bonds is 9. The second kappa shape index (κ2) is 10.9. The Hall–Kier alpha value is -3.07. The lowest BCUT2D eigenvalue weighted by Gasteiger charge is -2.25. The first-order valence-electron chi connectivity index (χ1n) is 11.2. The van der Waals surface area contributed by atoms with Crippen molar-refractivity contribution in [3.8, 4) is 28.6 Å². The molecule has 34 heavy (non-hydrogen) atoms. The molecule has 180 valence electrons. The molecule has 9 heteroatoms. The molecule has 0 N–H and O–H groups in total. The van der Waals surface area contributed by atoms with Crippen LogP contribution in [0.25, 0.3) is 11.4 Å². The molecule has 0 unspecified atom stereocenters. The minimum absolute atomic E-state index is 0.112. The fourth-order valence-corrected chi connectivity index (χ4v) is 5.17. The van der Waals surface area contributed by atoms with Gasteiger partial charge >= 0.3 is 0 Å². The molecule has 0 amide bonds. The average Bonchev–Trinajstić information content (AvgIpc) is 3.31. The maximum atomic E-state index is 14.1. The second-order valence-corrected chi connectivity index (χ2v) is 9.04. The van der Waals surface area contributed by atoms with E-state index in [9.17, 15) is 9.18 Å². The van der Waals surface area contributed by atoms with Gasteiger partial charge in [-0.3, -0.25) is 9.36 Å². The number of aromatic nitrogens is 3. The van der Waals surface area contributed by atoms with Crippen molar-refractivity contribution in [1.29, 1.82) is 0 Å². The van der Waals surface area contributed by atoms with Crippen LogP contribution in [0.2, 0.25) is 0 Å². The summed E-state index contributed by atoms with van der Waals surface area (Å²) in [4.78, 5) is 12.8. The van der Waals surface area contributed by atoms with Gasteiger partial charge in [-0.15, -0.1) is 10.2 Å². The third kappa shape index (κ3) is 5.04. The van der Waals surface area contributed by atoms with Gasteiger partial charge in [-0.25, -0.2) is 4.39 Å². The molecule has 1 aliphatic rings. The van der Waals surface area contributed by atoms with Gasteiger partial charge in [0.2, 0.25) is 0 Å². The molecule has 0 atom stereocenters. The molecule has 1 heterocycles. The summed E-state index contributed by atoms with van der Waals surface area (Å²) >= 11 is 1.32. The Labute approximate surface area is 202 Å². The second-order valence-electron chi connectivity index (χ2n) is 8.10. The standard InChI is InChI=1S/C25H28FN3O4S/c1-31-21-11-9-16(13-19(21)26)20(30)15-34-25-28-27-24(29(25)18-7-5-4-6-8-18)17-10-12-22(32-2)23(14-17)33-3/h9-14,18H,4-8,15H2,1-3H3. The van der Waals surface area contributed by atoms with E-state index in [0.717, 1.165) is 37.1 Å². The number of benzene rings is 2. The van der Waals surface area contributed by atoms with Crippen LogP contribution in [0.5, 0.6) is 17.2 Å². The van der Waals surface area contributed by atoms with Crippen molar-refractivity contribution in [2.75, 3.05) is 27.1 Å². The highest BCUT2D eigenvalue weighted by atomic mass is 32.2. The number of thioether (sulfide) groups is 1. The maximum absolute atomic E-state index is 14.1. The SMILES string of the molecule is COc1ccc(C(=O)CSc2nnc(-c3ccc(OC)c(OC)c3)n2C2CCCCC2)cc1F. The summed E-state index contributed by atoms with van der Waals surface area (Å²) in [7, 11) is 4.59. The van der Waals surface area contributed by atoms with Crippen molar-refractivity contribution in [1.82, 2.24) is 14.8 Å². The van der Waals surface area contributed by atoms with Crippen LogP contribution < -0.4 is 14.2 Å². The molecule has 3 aromatic rings. The van der Waals surface area contributed by atoms with Crippen LogP contribution in [0, 0.1) is 5.82 Å². The van der Waals surface area contributed by atoms with Gasteiger partial charge < -0.3 is 14.2 Å². The van der Waals surface area contributed by atoms with Crippen LogP contribution in [-0.2, 0) is 0 Å². The molecule has 0 bridgehead atoms. The predicted octanol–water partition coefficient (Wildman–Crippen LogP) is 5.59. The smallest absolute Gasteiger partial charge is 0.192 e. The van der Waals surface area contributed by atoms with E-state index in [1.165, 1.54) is 37.4 Å². The zero-order valence-corrected chi connectivity index (χ0v) is 20.4. The predicted molar refractivity (Wildman–Crippen MR) is 129 cm³/mol. The molecule has 0 spiro atoms. The van der Waals surface area contributed by atoms with Gasteiger partial charge in [0, 0.05) is 17.2 Å². The maximum Gasteiger partial charge on any atom is 0.192 e. The van der Waals surface area contributed by atoms with Crippen LogP contribution in [0.4, 0.5) is 4.39 Å². The van der Waals surface area contributed by atoms with Crippen molar-refractivity contribution >= 4 is 17.5 Å². The minimum Gasteiger partial charge on any atom is -0.494 e. The summed E-state index contributed by atoms with van der Waals surface area (Å²) in [6.45, 7) is 0. The van der Waals surface area contributed by atoms with Crippen molar-refractivity contribution in [3.63, 3.8) is 0 Å². The number of ether oxygens (including phenoxy) is 3. The minimum atomic E-state index is -0.556. The molecular formula is C25H28FN3O4S. The summed E-state index contributed by atoms with van der Waals surface area (Å²) < 4.78 is 32.0. The lowest BCUT2D eigenvalue weighted by Crippen LogP contribution is -2.15. The van der Waals surface area contributed by atoms with Gasteiger partial charge in [-0.2, -0.15) is 0 Å². The molecule has 4 rings (SSSR count). The van der Waals surface area contributed by atoms with Gasteiger partial charge in [0.1, 0.15) is 0 Å². The third-order valence-electron chi connectivity index (χ3n) is 6.05. The molecule has 7 nitrogen and oxygen atoms in total. The molecule has 1 fully saturated rings. The van der Waals surface area contributed by atoms with E-state index in [2.05, 4.69) is 14.8 Å². The van der Waals surface area contributed by atoms with Crippen LogP contribution in [0.1, 0.15) is 48.5 Å². The first-order valence-corrected chi connectivity index (χ1v) is 12.2. The molecule has 0 radical (unpaired) electrons. The van der Waals surface area contributed by atoms with Crippen molar-refractivity contribution < 1.29 is 23.4 Å². The highest BCUT2D eigenvalue weighted by molar-refractivity contribution is 7.99. The Balaban J connectivity index is 1.62. The van der Waals surface area contributed by atoms with Gasteiger partial charge in [-0.05, 0) is 49.2 Å². The number of Topliss-reactive ketones (excluding diaryl/α,β-unsaturated/α-hetero) is 1. The fraction of sp³-hybridized carbons (Fsp3) is 0.400. The molecule has 1 aliphatic carbocycles. The number of carbonyl (C=O) groups excluding carboxylic acids is 1. The van der Waals surface area contributed by atoms with E-state index in [1.807, 2.05) is 18.2 Å². The number of hydrogen-bond acceptors (Lipinski definition) is 7. The Kier molecular flexibility index (Phi) is 7.72. The molecule has 2 aromatic carbocycles. The summed E-state index contributed by atoms with van der Waals surface area (Å²) in [5.41, 5.74) is 1.17. The van der Waals surface area contributed by atoms with Crippen molar-refractivity contribution in [2.24, 2.45) is 0 Å². The lowest BCUT2D eigenvalue weighted by molar-refractivity contribution is 0.102. The van der Waals surface area contributed by atoms with Crippen LogP contribution in [0.3, 0.4) is 0 Å². The van der Waals surface area contributed by atoms with E-state index in [-0.39, 0.29) is 23.3 Å². The number of carbonyl (C=O) groups is 1. The fourth-order valence-electron chi connectivity index (χ4n) is 4.27. The van der Waals surface area contributed by atoms with Crippen LogP contribution in [0.15, 0.2) is 41.6 Å². The quantitative estimate of drug-likeness (QED) is 0.289. The third-order valence-corrected chi connectivity index (χ3v) is 7.00. The molecule has 0 aliphatic heterocycles. The first-order chi connectivity index (χ1) is 16.5. The van der Waals surface area contributed by atoms with Crippen molar-refractivity contribution in [3.05, 3.63) is 47.8 Å². The number of nitrogens with zero attached hydrogens (tertiary/aromatic N) is 3. The largest absolute Gasteiger partial charge is 0.494 e. The Morgan fingerprint density at radius 3 is 2.35 bits per heavy atom. The Morgan fingerprint density at radius 2 is 1.68 bits per heavy atom. The summed E-state index contributed by atoms with van der Waals surface area (Å²) in [5.74, 6) is 1.49. The van der Waals surface area contributed by atoms with Gasteiger partial charge in [-0.1, -0.05) is 31.0 Å². The molecule has 1 saturated carbocycles. The number of ketones is 1. The monoisotopic (exact) mass is 485 g/mol. The number of hydrogen-bond donors (Lipinski definition) is 0. The molecule has 1 aromatic heterocycles. The summed E-state index contributed by atoms with van der Waals surface area (Å²) in [6.07, 6.45) is 5.56. The van der Waals surface area contributed by atoms with E-state index >= 15 is 0 Å².